The third-order valence-corrected chi connectivity index (χ3v) is 6.44. The van der Waals surface area contributed by atoms with Gasteiger partial charge in [0, 0.05) is 18.5 Å². The lowest BCUT2D eigenvalue weighted by Gasteiger charge is -2.54. The van der Waals surface area contributed by atoms with Crippen LogP contribution in [-0.4, -0.2) is 43.6 Å². The molecule has 0 radical (unpaired) electrons. The van der Waals surface area contributed by atoms with Crippen molar-refractivity contribution in [3.05, 3.63) is 11.8 Å². The summed E-state index contributed by atoms with van der Waals surface area (Å²) in [6.07, 6.45) is 1.76. The van der Waals surface area contributed by atoms with Gasteiger partial charge in [-0.25, -0.2) is 4.79 Å². The average Bonchev–Trinajstić information content (AvgIpc) is 2.47. The summed E-state index contributed by atoms with van der Waals surface area (Å²) >= 11 is 0. The standard InChI is InChI=1S/C18H28F3NO5S/c1-15(2,3)26-14(23)22-10-8-12-16(4,5)13(7-9-17(12,6)11-22)27-28(24,25)18(19,20)21/h7,12H,8-11H2,1-6H3. The lowest BCUT2D eigenvalue weighted by molar-refractivity contribution is -0.0614. The van der Waals surface area contributed by atoms with Crippen LogP contribution in [0, 0.1) is 16.7 Å². The van der Waals surface area contributed by atoms with Gasteiger partial charge in [-0.3, -0.25) is 0 Å². The second-order valence-corrected chi connectivity index (χ2v) is 10.9. The maximum atomic E-state index is 12.7. The Bertz CT molecular complexity index is 767. The molecule has 1 amide bonds. The van der Waals surface area contributed by atoms with Gasteiger partial charge in [-0.15, -0.1) is 0 Å². The van der Waals surface area contributed by atoms with Gasteiger partial charge < -0.3 is 13.8 Å². The van der Waals surface area contributed by atoms with Gasteiger partial charge in [0.05, 0.1) is 0 Å². The number of rotatable bonds is 2. The summed E-state index contributed by atoms with van der Waals surface area (Å²) in [6.45, 7) is 11.4. The van der Waals surface area contributed by atoms with Crippen molar-refractivity contribution < 1.29 is 35.3 Å². The van der Waals surface area contributed by atoms with Crippen molar-refractivity contribution in [1.82, 2.24) is 4.90 Å². The van der Waals surface area contributed by atoms with Crippen molar-refractivity contribution in [2.45, 2.75) is 65.5 Å². The number of ether oxygens (including phenoxy) is 1. The van der Waals surface area contributed by atoms with E-state index >= 15 is 0 Å². The highest BCUT2D eigenvalue weighted by Gasteiger charge is 2.55. The van der Waals surface area contributed by atoms with Crippen molar-refractivity contribution in [3.8, 4) is 0 Å². The number of alkyl halides is 3. The summed E-state index contributed by atoms with van der Waals surface area (Å²) in [4.78, 5) is 14.0. The molecule has 2 aliphatic rings. The number of nitrogens with zero attached hydrogens (tertiary/aromatic N) is 1. The first kappa shape index (κ1) is 22.8. The minimum Gasteiger partial charge on any atom is -0.444 e. The first-order valence-electron chi connectivity index (χ1n) is 9.08. The van der Waals surface area contributed by atoms with Crippen LogP contribution in [-0.2, 0) is 19.0 Å². The summed E-state index contributed by atoms with van der Waals surface area (Å²) in [6, 6.07) is 0. The van der Waals surface area contributed by atoms with Gasteiger partial charge in [0.2, 0.25) is 0 Å². The summed E-state index contributed by atoms with van der Waals surface area (Å²) < 4.78 is 71.0. The fourth-order valence-electron chi connectivity index (χ4n) is 4.25. The van der Waals surface area contributed by atoms with E-state index in [4.69, 9.17) is 4.74 Å². The van der Waals surface area contributed by atoms with Crippen LogP contribution in [0.15, 0.2) is 11.8 Å². The third-order valence-electron chi connectivity index (χ3n) is 5.48. The number of carbonyl (C=O) groups excluding carboxylic acids is 1. The third kappa shape index (κ3) is 4.41. The van der Waals surface area contributed by atoms with Crippen LogP contribution in [0.2, 0.25) is 0 Å². The largest absolute Gasteiger partial charge is 0.534 e. The molecular formula is C18H28F3NO5S. The lowest BCUT2D eigenvalue weighted by Crippen LogP contribution is -2.56. The molecular weight excluding hydrogens is 399 g/mol. The number of hydrogen-bond donors (Lipinski definition) is 0. The van der Waals surface area contributed by atoms with Gasteiger partial charge in [-0.2, -0.15) is 21.6 Å². The number of amides is 1. The molecule has 0 aromatic carbocycles. The Morgan fingerprint density at radius 3 is 2.29 bits per heavy atom. The molecule has 0 bridgehead atoms. The molecule has 0 saturated carbocycles. The highest BCUT2D eigenvalue weighted by molar-refractivity contribution is 7.87. The molecule has 6 nitrogen and oxygen atoms in total. The van der Waals surface area contributed by atoms with E-state index in [1.807, 2.05) is 6.92 Å². The molecule has 0 aromatic heterocycles. The zero-order chi connectivity index (χ0) is 21.8. The maximum absolute atomic E-state index is 12.7. The van der Waals surface area contributed by atoms with Crippen LogP contribution < -0.4 is 0 Å². The Morgan fingerprint density at radius 2 is 1.79 bits per heavy atom. The Hall–Kier alpha value is -1.45. The van der Waals surface area contributed by atoms with Crippen LogP contribution in [0.25, 0.3) is 0 Å². The SMILES string of the molecule is CC(C)(C)OC(=O)N1CCC2C(C)(CC=C(OS(=O)(=O)C(F)(F)F)C2(C)C)C1. The van der Waals surface area contributed by atoms with Crippen LogP contribution >= 0.6 is 0 Å². The molecule has 1 aliphatic heterocycles. The number of halogens is 3. The number of likely N-dealkylation sites (tertiary alicyclic amines) is 1. The Kier molecular flexibility index (Phi) is 5.55. The van der Waals surface area contributed by atoms with Crippen LogP contribution in [0.1, 0.15) is 54.4 Å². The van der Waals surface area contributed by atoms with E-state index in [-0.39, 0.29) is 11.7 Å². The maximum Gasteiger partial charge on any atom is 0.534 e. The van der Waals surface area contributed by atoms with Crippen LogP contribution in [0.3, 0.4) is 0 Å². The quantitative estimate of drug-likeness (QED) is 0.482. The molecule has 0 N–H and O–H groups in total. The van der Waals surface area contributed by atoms with Crippen LogP contribution in [0.4, 0.5) is 18.0 Å². The fourth-order valence-corrected chi connectivity index (χ4v) is 4.86. The summed E-state index contributed by atoms with van der Waals surface area (Å²) in [7, 11) is -5.72. The minimum absolute atomic E-state index is 0.165. The van der Waals surface area contributed by atoms with Gasteiger partial charge in [-0.1, -0.05) is 20.8 Å². The molecule has 0 spiro atoms. The van der Waals surface area contributed by atoms with Crippen molar-refractivity contribution in [2.75, 3.05) is 13.1 Å². The molecule has 1 heterocycles. The Balaban J connectivity index is 2.25. The van der Waals surface area contributed by atoms with Gasteiger partial charge in [0.1, 0.15) is 11.4 Å². The minimum atomic E-state index is -5.72. The molecule has 2 unspecified atom stereocenters. The Labute approximate surface area is 164 Å². The normalized spacial score (nSPS) is 28.2. The van der Waals surface area contributed by atoms with Gasteiger partial charge in [0.15, 0.2) is 0 Å². The molecule has 28 heavy (non-hydrogen) atoms. The van der Waals surface area contributed by atoms with Gasteiger partial charge in [0.25, 0.3) is 0 Å². The smallest absolute Gasteiger partial charge is 0.444 e. The summed E-state index contributed by atoms with van der Waals surface area (Å²) in [5, 5.41) is 0. The van der Waals surface area contributed by atoms with Crippen LogP contribution in [0.5, 0.6) is 0 Å². The average molecular weight is 427 g/mol. The van der Waals surface area contributed by atoms with E-state index in [1.54, 1.807) is 39.5 Å². The van der Waals surface area contributed by atoms with E-state index in [9.17, 15) is 26.4 Å². The second-order valence-electron chi connectivity index (χ2n) is 9.37. The monoisotopic (exact) mass is 427 g/mol. The van der Waals surface area contributed by atoms with E-state index in [1.165, 1.54) is 6.08 Å². The van der Waals surface area contributed by atoms with E-state index in [0.29, 0.717) is 25.9 Å². The molecule has 2 atom stereocenters. The fraction of sp³-hybridized carbons (Fsp3) is 0.833. The van der Waals surface area contributed by atoms with Crippen molar-refractivity contribution in [1.29, 1.82) is 0 Å². The topological polar surface area (TPSA) is 72.9 Å². The van der Waals surface area contributed by atoms with Crippen molar-refractivity contribution in [3.63, 3.8) is 0 Å². The molecule has 162 valence electrons. The van der Waals surface area contributed by atoms with E-state index < -0.39 is 38.2 Å². The molecule has 1 aliphatic carbocycles. The number of hydrogen-bond acceptors (Lipinski definition) is 5. The molecule has 1 saturated heterocycles. The first-order valence-corrected chi connectivity index (χ1v) is 10.5. The molecule has 1 fully saturated rings. The predicted octanol–water partition coefficient (Wildman–Crippen LogP) is 4.43. The van der Waals surface area contributed by atoms with Crippen molar-refractivity contribution >= 4 is 16.2 Å². The lowest BCUT2D eigenvalue weighted by atomic mass is 9.56. The zero-order valence-electron chi connectivity index (χ0n) is 17.0. The molecule has 10 heteroatoms. The predicted molar refractivity (Wildman–Crippen MR) is 96.6 cm³/mol. The van der Waals surface area contributed by atoms with E-state index in [2.05, 4.69) is 4.18 Å². The summed E-state index contributed by atoms with van der Waals surface area (Å²) in [5.74, 6) is -0.361. The number of fused-ring (bicyclic) bond motifs is 1. The summed E-state index contributed by atoms with van der Waals surface area (Å²) in [5.41, 5.74) is -7.49. The number of allylic oxidation sites excluding steroid dienone is 2. The van der Waals surface area contributed by atoms with Gasteiger partial charge in [-0.05, 0) is 51.0 Å². The highest BCUT2D eigenvalue weighted by Crippen LogP contribution is 2.55. The molecule has 2 rings (SSSR count). The second kappa shape index (κ2) is 6.81. The zero-order valence-corrected chi connectivity index (χ0v) is 17.8. The first-order chi connectivity index (χ1) is 12.4. The van der Waals surface area contributed by atoms with E-state index in [0.717, 1.165) is 0 Å². The Morgan fingerprint density at radius 1 is 1.21 bits per heavy atom. The molecule has 0 aromatic rings. The van der Waals surface area contributed by atoms with Gasteiger partial charge >= 0.3 is 21.7 Å². The number of piperidine rings is 1. The van der Waals surface area contributed by atoms with Crippen molar-refractivity contribution in [2.24, 2.45) is 16.7 Å². The number of carbonyl (C=O) groups is 1. The highest BCUT2D eigenvalue weighted by atomic mass is 32.2.